The van der Waals surface area contributed by atoms with Crippen LogP contribution < -0.4 is 5.32 Å². The van der Waals surface area contributed by atoms with Crippen molar-refractivity contribution in [3.05, 3.63) is 16.1 Å². The van der Waals surface area contributed by atoms with Crippen LogP contribution in [-0.2, 0) is 4.74 Å². The molecule has 0 spiro atoms. The molecule has 1 amide bonds. The fourth-order valence-corrected chi connectivity index (χ4v) is 3.27. The predicted molar refractivity (Wildman–Crippen MR) is 80.2 cm³/mol. The topological polar surface area (TPSA) is 54.5 Å². The largest absolute Gasteiger partial charge is 0.373 e. The molecule has 20 heavy (non-hydrogen) atoms. The first-order valence-corrected chi connectivity index (χ1v) is 7.93. The molecule has 1 aromatic heterocycles. The Morgan fingerprint density at radius 2 is 2.20 bits per heavy atom. The smallest absolute Gasteiger partial charge is 0.263 e. The van der Waals surface area contributed by atoms with Crippen LogP contribution in [0.1, 0.15) is 36.1 Å². The van der Waals surface area contributed by atoms with Gasteiger partial charge in [0.2, 0.25) is 0 Å². The highest BCUT2D eigenvalue weighted by molar-refractivity contribution is 7.11. The lowest BCUT2D eigenvalue weighted by atomic mass is 10.1. The van der Waals surface area contributed by atoms with Gasteiger partial charge in [-0.05, 0) is 27.7 Å². The molecule has 1 aliphatic rings. The van der Waals surface area contributed by atoms with E-state index in [-0.39, 0.29) is 18.1 Å². The zero-order valence-corrected chi connectivity index (χ0v) is 13.4. The van der Waals surface area contributed by atoms with Gasteiger partial charge in [0, 0.05) is 25.7 Å². The van der Waals surface area contributed by atoms with E-state index in [4.69, 9.17) is 4.74 Å². The summed E-state index contributed by atoms with van der Waals surface area (Å²) in [5.41, 5.74) is 2.51. The number of carbonyl (C=O) groups excluding carboxylic acids is 1. The molecule has 5 nitrogen and oxygen atoms in total. The minimum atomic E-state index is -0.0220. The van der Waals surface area contributed by atoms with Crippen LogP contribution in [0.4, 0.5) is 0 Å². The minimum absolute atomic E-state index is 0.0220. The van der Waals surface area contributed by atoms with E-state index in [0.29, 0.717) is 17.5 Å². The lowest BCUT2D eigenvalue weighted by molar-refractivity contribution is -0.0778. The number of rotatable bonds is 4. The number of ether oxygens (including phenoxy) is 1. The Bertz CT molecular complexity index is 453. The Kier molecular flexibility index (Phi) is 5.12. The number of nitrogens with zero attached hydrogens (tertiary/aromatic N) is 2. The summed E-state index contributed by atoms with van der Waals surface area (Å²) in [5, 5.41) is 3.00. The predicted octanol–water partition coefficient (Wildman–Crippen LogP) is 1.68. The van der Waals surface area contributed by atoms with Gasteiger partial charge in [-0.2, -0.15) is 0 Å². The lowest BCUT2D eigenvalue weighted by Gasteiger charge is -2.38. The van der Waals surface area contributed by atoms with Crippen LogP contribution in [-0.4, -0.2) is 53.7 Å². The van der Waals surface area contributed by atoms with Crippen molar-refractivity contribution in [2.24, 2.45) is 0 Å². The van der Waals surface area contributed by atoms with E-state index in [2.05, 4.69) is 36.0 Å². The number of aryl methyl sites for hydroxylation is 1. The molecule has 1 saturated heterocycles. The maximum absolute atomic E-state index is 12.1. The number of nitrogens with one attached hydrogen (secondary N) is 1. The first-order valence-electron chi connectivity index (χ1n) is 7.05. The number of aromatic nitrogens is 1. The van der Waals surface area contributed by atoms with Crippen LogP contribution in [0.2, 0.25) is 0 Å². The summed E-state index contributed by atoms with van der Waals surface area (Å²) in [6.45, 7) is 10.7. The van der Waals surface area contributed by atoms with Gasteiger partial charge in [0.15, 0.2) is 0 Å². The Hall–Kier alpha value is -0.980. The van der Waals surface area contributed by atoms with Crippen molar-refractivity contribution in [3.8, 4) is 0 Å². The van der Waals surface area contributed by atoms with Crippen molar-refractivity contribution in [1.29, 1.82) is 0 Å². The second-order valence-electron chi connectivity index (χ2n) is 5.54. The van der Waals surface area contributed by atoms with Gasteiger partial charge in [0.05, 0.1) is 23.4 Å². The zero-order valence-electron chi connectivity index (χ0n) is 12.5. The molecule has 112 valence electrons. The van der Waals surface area contributed by atoms with Crippen LogP contribution in [0, 0.1) is 6.92 Å². The summed E-state index contributed by atoms with van der Waals surface area (Å²) < 4.78 is 5.73. The molecule has 0 saturated carbocycles. The molecule has 1 N–H and O–H groups in total. The van der Waals surface area contributed by atoms with Gasteiger partial charge in [-0.15, -0.1) is 11.3 Å². The van der Waals surface area contributed by atoms with Crippen molar-refractivity contribution in [1.82, 2.24) is 15.2 Å². The van der Waals surface area contributed by atoms with Gasteiger partial charge in [-0.25, -0.2) is 4.98 Å². The molecule has 2 heterocycles. The molecular formula is C14H23N3O2S. The van der Waals surface area contributed by atoms with Crippen molar-refractivity contribution >= 4 is 17.2 Å². The highest BCUT2D eigenvalue weighted by Crippen LogP contribution is 2.14. The summed E-state index contributed by atoms with van der Waals surface area (Å²) in [5.74, 6) is -0.0220. The van der Waals surface area contributed by atoms with Crippen molar-refractivity contribution < 1.29 is 9.53 Å². The summed E-state index contributed by atoms with van der Waals surface area (Å²) in [4.78, 5) is 19.2. The highest BCUT2D eigenvalue weighted by Gasteiger charge is 2.26. The first-order chi connectivity index (χ1) is 9.47. The van der Waals surface area contributed by atoms with Crippen LogP contribution >= 0.6 is 11.3 Å². The molecule has 0 aromatic carbocycles. The molecule has 1 aromatic rings. The van der Waals surface area contributed by atoms with Gasteiger partial charge < -0.3 is 10.1 Å². The minimum Gasteiger partial charge on any atom is -0.373 e. The van der Waals surface area contributed by atoms with Crippen molar-refractivity contribution in [2.45, 2.75) is 45.9 Å². The summed E-state index contributed by atoms with van der Waals surface area (Å²) in [6.07, 6.45) is 0.501. The molecule has 2 rings (SSSR count). The number of morpholine rings is 1. The van der Waals surface area contributed by atoms with Crippen molar-refractivity contribution in [3.63, 3.8) is 0 Å². The zero-order chi connectivity index (χ0) is 14.7. The Balaban J connectivity index is 1.84. The number of amides is 1. The molecule has 3 atom stereocenters. The van der Waals surface area contributed by atoms with Gasteiger partial charge in [-0.3, -0.25) is 9.69 Å². The Labute approximate surface area is 124 Å². The average molecular weight is 297 g/mol. The Morgan fingerprint density at radius 1 is 1.55 bits per heavy atom. The van der Waals surface area contributed by atoms with Crippen molar-refractivity contribution in [2.75, 3.05) is 19.6 Å². The fourth-order valence-electron chi connectivity index (χ4n) is 2.55. The lowest BCUT2D eigenvalue weighted by Crippen LogP contribution is -2.52. The first kappa shape index (κ1) is 15.4. The SMILES string of the molecule is Cc1ncsc1C(=O)NCC(C)N1CC(C)OC(C)C1. The van der Waals surface area contributed by atoms with E-state index in [1.54, 1.807) is 5.51 Å². The third kappa shape index (κ3) is 3.77. The molecule has 6 heteroatoms. The number of thiazole rings is 1. The molecule has 1 aliphatic heterocycles. The third-order valence-electron chi connectivity index (χ3n) is 3.58. The van der Waals surface area contributed by atoms with Crippen LogP contribution in [0.15, 0.2) is 5.51 Å². The maximum Gasteiger partial charge on any atom is 0.263 e. The van der Waals surface area contributed by atoms with E-state index in [0.717, 1.165) is 18.8 Å². The third-order valence-corrected chi connectivity index (χ3v) is 4.51. The summed E-state index contributed by atoms with van der Waals surface area (Å²) >= 11 is 1.39. The monoisotopic (exact) mass is 297 g/mol. The van der Waals surface area contributed by atoms with Crippen LogP contribution in [0.25, 0.3) is 0 Å². The van der Waals surface area contributed by atoms with E-state index in [1.807, 2.05) is 6.92 Å². The summed E-state index contributed by atoms with van der Waals surface area (Å²) in [6, 6.07) is 0.306. The fraction of sp³-hybridized carbons (Fsp3) is 0.714. The van der Waals surface area contributed by atoms with E-state index >= 15 is 0 Å². The van der Waals surface area contributed by atoms with E-state index in [1.165, 1.54) is 11.3 Å². The standard InChI is InChI=1S/C14H23N3O2S/c1-9(17-6-10(2)19-11(3)7-17)5-15-14(18)13-12(4)16-8-20-13/h8-11H,5-7H2,1-4H3,(H,15,18). The average Bonchev–Trinajstić information content (AvgIpc) is 2.80. The Morgan fingerprint density at radius 3 is 2.75 bits per heavy atom. The molecular weight excluding hydrogens is 274 g/mol. The highest BCUT2D eigenvalue weighted by atomic mass is 32.1. The second kappa shape index (κ2) is 6.65. The normalized spacial score (nSPS) is 25.4. The second-order valence-corrected chi connectivity index (χ2v) is 6.39. The van der Waals surface area contributed by atoms with Gasteiger partial charge in [0.25, 0.3) is 5.91 Å². The van der Waals surface area contributed by atoms with Gasteiger partial charge in [0.1, 0.15) is 4.88 Å². The number of carbonyl (C=O) groups is 1. The molecule has 1 fully saturated rings. The van der Waals surface area contributed by atoms with E-state index < -0.39 is 0 Å². The van der Waals surface area contributed by atoms with Crippen LogP contribution in [0.3, 0.4) is 0 Å². The van der Waals surface area contributed by atoms with Gasteiger partial charge in [-0.1, -0.05) is 0 Å². The van der Waals surface area contributed by atoms with Crippen LogP contribution in [0.5, 0.6) is 0 Å². The maximum atomic E-state index is 12.1. The van der Waals surface area contributed by atoms with E-state index in [9.17, 15) is 4.79 Å². The molecule has 0 aliphatic carbocycles. The summed E-state index contributed by atoms with van der Waals surface area (Å²) in [7, 11) is 0. The number of hydrogen-bond acceptors (Lipinski definition) is 5. The molecule has 3 unspecified atom stereocenters. The number of hydrogen-bond donors (Lipinski definition) is 1. The quantitative estimate of drug-likeness (QED) is 0.918. The molecule has 0 radical (unpaired) electrons. The molecule has 0 bridgehead atoms. The van der Waals surface area contributed by atoms with Gasteiger partial charge >= 0.3 is 0 Å².